The number of anilines is 1. The van der Waals surface area contributed by atoms with E-state index in [1.54, 1.807) is 48.2 Å². The Labute approximate surface area is 290 Å². The van der Waals surface area contributed by atoms with Crippen molar-refractivity contribution in [1.29, 1.82) is 0 Å². The molecule has 266 valence electrons. The predicted molar refractivity (Wildman–Crippen MR) is 188 cm³/mol. The van der Waals surface area contributed by atoms with Crippen LogP contribution in [0.2, 0.25) is 0 Å². The molecule has 1 amide bonds. The zero-order valence-corrected chi connectivity index (χ0v) is 29.9. The second-order valence-corrected chi connectivity index (χ2v) is 15.0. The third-order valence-corrected chi connectivity index (χ3v) is 10.4. The topological polar surface area (TPSA) is 127 Å². The number of aliphatic hydroxyl groups is 1. The van der Waals surface area contributed by atoms with Gasteiger partial charge in [0.25, 0.3) is 15.9 Å². The maximum atomic E-state index is 14.4. The largest absolute Gasteiger partial charge is 0.490 e. The lowest BCUT2D eigenvalue weighted by molar-refractivity contribution is -0.0177. The normalized spacial score (nSPS) is 21.1. The highest BCUT2D eigenvalue weighted by Crippen LogP contribution is 2.33. The van der Waals surface area contributed by atoms with Gasteiger partial charge in [0.1, 0.15) is 5.75 Å². The van der Waals surface area contributed by atoms with Crippen LogP contribution in [-0.2, 0) is 21.3 Å². The quantitative estimate of drug-likeness (QED) is 0.301. The van der Waals surface area contributed by atoms with E-state index in [4.69, 9.17) is 18.9 Å². The summed E-state index contributed by atoms with van der Waals surface area (Å²) < 4.78 is 52.9. The molecule has 4 atom stereocenters. The number of amides is 1. The first-order valence-electron chi connectivity index (χ1n) is 16.9. The van der Waals surface area contributed by atoms with Crippen molar-refractivity contribution < 1.29 is 37.3 Å². The summed E-state index contributed by atoms with van der Waals surface area (Å²) in [5.41, 5.74) is 2.49. The molecular weight excluding hydrogens is 646 g/mol. The predicted octanol–water partition coefficient (Wildman–Crippen LogP) is 5.45. The van der Waals surface area contributed by atoms with Crippen LogP contribution in [0.25, 0.3) is 0 Å². The SMILES string of the molecule is Cc1ccc(S(=O)(=O)Nc2ccc3c(c2)C(=O)N([C@H](C)CO)C[C@H](C)[C@@H](CN(C)Cc2ccc4c(c2)OCO4)OCCCC[C@@H](C)O3)cc1. The molecule has 11 nitrogen and oxygen atoms in total. The first kappa shape index (κ1) is 36.4. The summed E-state index contributed by atoms with van der Waals surface area (Å²) in [4.78, 5) is 18.4. The van der Waals surface area contributed by atoms with Gasteiger partial charge in [-0.25, -0.2) is 8.42 Å². The standard InChI is InChI=1S/C37H49N3O8S/c1-25-9-13-31(14-10-25)49(43,44)38-30-12-16-33-32(19-30)37(42)40(27(3)23-41)20-26(2)36(45-17-7-6-8-28(4)48-33)22-39(5)21-29-11-15-34-35(18-29)47-24-46-34/h9-16,18-19,26-28,36,38,41H,6-8,17,20-24H2,1-5H3/t26-,27+,28+,36+/m0/s1. The monoisotopic (exact) mass is 695 g/mol. The number of hydrogen-bond donors (Lipinski definition) is 2. The number of fused-ring (bicyclic) bond motifs is 2. The number of ether oxygens (including phenoxy) is 4. The number of carbonyl (C=O) groups excluding carboxylic acids is 1. The molecule has 0 unspecified atom stereocenters. The van der Waals surface area contributed by atoms with Crippen LogP contribution in [0, 0.1) is 12.8 Å². The van der Waals surface area contributed by atoms with Crippen molar-refractivity contribution in [3.05, 3.63) is 77.4 Å². The minimum atomic E-state index is -3.91. The third-order valence-electron chi connectivity index (χ3n) is 9.02. The van der Waals surface area contributed by atoms with E-state index in [1.165, 1.54) is 6.07 Å². The van der Waals surface area contributed by atoms with Crippen LogP contribution >= 0.6 is 0 Å². The number of likely N-dealkylation sites (N-methyl/N-ethyl adjacent to an activating group) is 1. The Morgan fingerprint density at radius 2 is 1.73 bits per heavy atom. The Hall–Kier alpha value is -3.84. The van der Waals surface area contributed by atoms with Gasteiger partial charge in [-0.05, 0) is 95.1 Å². The van der Waals surface area contributed by atoms with Crippen molar-refractivity contribution in [1.82, 2.24) is 9.80 Å². The summed E-state index contributed by atoms with van der Waals surface area (Å²) in [6.07, 6.45) is 2.07. The molecule has 0 saturated heterocycles. The van der Waals surface area contributed by atoms with E-state index in [9.17, 15) is 18.3 Å². The summed E-state index contributed by atoms with van der Waals surface area (Å²) in [6.45, 7) is 9.83. The molecule has 0 radical (unpaired) electrons. The van der Waals surface area contributed by atoms with Crippen molar-refractivity contribution >= 4 is 21.6 Å². The summed E-state index contributed by atoms with van der Waals surface area (Å²) in [7, 11) is -1.87. The summed E-state index contributed by atoms with van der Waals surface area (Å²) >= 11 is 0. The molecule has 5 rings (SSSR count). The van der Waals surface area contributed by atoms with Crippen molar-refractivity contribution in [3.8, 4) is 17.2 Å². The summed E-state index contributed by atoms with van der Waals surface area (Å²) in [5, 5.41) is 10.3. The maximum absolute atomic E-state index is 14.4. The zero-order chi connectivity index (χ0) is 35.1. The lowest BCUT2D eigenvalue weighted by Crippen LogP contribution is -2.47. The molecule has 0 aromatic heterocycles. The molecule has 0 aliphatic carbocycles. The van der Waals surface area contributed by atoms with Gasteiger partial charge in [0.2, 0.25) is 6.79 Å². The first-order valence-corrected chi connectivity index (χ1v) is 18.4. The van der Waals surface area contributed by atoms with Crippen LogP contribution in [0.4, 0.5) is 5.69 Å². The summed E-state index contributed by atoms with van der Waals surface area (Å²) in [6, 6.07) is 16.8. The molecule has 2 aliphatic heterocycles. The lowest BCUT2D eigenvalue weighted by Gasteiger charge is -2.36. The van der Waals surface area contributed by atoms with Crippen LogP contribution < -0.4 is 18.9 Å². The van der Waals surface area contributed by atoms with Gasteiger partial charge in [-0.3, -0.25) is 14.4 Å². The van der Waals surface area contributed by atoms with Gasteiger partial charge in [0.15, 0.2) is 11.5 Å². The molecule has 3 aromatic carbocycles. The van der Waals surface area contributed by atoms with Gasteiger partial charge >= 0.3 is 0 Å². The van der Waals surface area contributed by atoms with Crippen molar-refractivity contribution in [3.63, 3.8) is 0 Å². The second kappa shape index (κ2) is 16.2. The molecule has 49 heavy (non-hydrogen) atoms. The molecule has 12 heteroatoms. The van der Waals surface area contributed by atoms with Gasteiger partial charge < -0.3 is 29.0 Å². The molecule has 0 bridgehead atoms. The number of nitrogens with one attached hydrogen (secondary N) is 1. The van der Waals surface area contributed by atoms with Crippen LogP contribution in [0.1, 0.15) is 61.5 Å². The van der Waals surface area contributed by atoms with Crippen LogP contribution in [0.3, 0.4) is 0 Å². The minimum absolute atomic E-state index is 0.105. The van der Waals surface area contributed by atoms with Crippen molar-refractivity contribution in [2.24, 2.45) is 5.92 Å². The van der Waals surface area contributed by atoms with Crippen LogP contribution in [0.15, 0.2) is 65.6 Å². The number of hydrogen-bond acceptors (Lipinski definition) is 9. The lowest BCUT2D eigenvalue weighted by atomic mass is 10.0. The smallest absolute Gasteiger partial charge is 0.261 e. The molecule has 2 N–H and O–H groups in total. The molecule has 2 heterocycles. The number of carbonyl (C=O) groups is 1. The van der Waals surface area contributed by atoms with Gasteiger partial charge in [-0.15, -0.1) is 0 Å². The van der Waals surface area contributed by atoms with Crippen LogP contribution in [-0.4, -0.2) is 87.6 Å². The van der Waals surface area contributed by atoms with E-state index in [2.05, 4.69) is 16.5 Å². The highest BCUT2D eigenvalue weighted by molar-refractivity contribution is 7.92. The van der Waals surface area contributed by atoms with E-state index >= 15 is 0 Å². The fourth-order valence-corrected chi connectivity index (χ4v) is 7.15. The van der Waals surface area contributed by atoms with E-state index in [0.29, 0.717) is 32.0 Å². The van der Waals surface area contributed by atoms with Gasteiger partial charge in [-0.2, -0.15) is 0 Å². The Morgan fingerprint density at radius 3 is 2.49 bits per heavy atom. The van der Waals surface area contributed by atoms with Gasteiger partial charge in [-0.1, -0.05) is 30.7 Å². The molecule has 0 saturated carbocycles. The number of aliphatic hydroxyl groups excluding tert-OH is 1. The average Bonchev–Trinajstić information content (AvgIpc) is 3.54. The fraction of sp³-hybridized carbons (Fsp3) is 0.486. The highest BCUT2D eigenvalue weighted by Gasteiger charge is 2.31. The number of rotatable bonds is 9. The van der Waals surface area contributed by atoms with Crippen LogP contribution in [0.5, 0.6) is 17.2 Å². The molecular formula is C37H49N3O8S. The summed E-state index contributed by atoms with van der Waals surface area (Å²) in [5.74, 6) is 1.38. The molecule has 3 aromatic rings. The Kier molecular flexibility index (Phi) is 12.1. The molecule has 0 fully saturated rings. The van der Waals surface area contributed by atoms with E-state index in [1.807, 2.05) is 39.1 Å². The first-order chi connectivity index (χ1) is 23.4. The average molecular weight is 696 g/mol. The number of benzene rings is 3. The highest BCUT2D eigenvalue weighted by atomic mass is 32.2. The second-order valence-electron chi connectivity index (χ2n) is 13.3. The number of nitrogens with zero attached hydrogens (tertiary/aromatic N) is 2. The fourth-order valence-electron chi connectivity index (χ4n) is 6.10. The van der Waals surface area contributed by atoms with E-state index < -0.39 is 16.1 Å². The third kappa shape index (κ3) is 9.45. The number of aryl methyl sites for hydroxylation is 1. The van der Waals surface area contributed by atoms with Crippen molar-refractivity contribution in [2.45, 2.75) is 76.6 Å². The minimum Gasteiger partial charge on any atom is -0.490 e. The Balaban J connectivity index is 1.40. The maximum Gasteiger partial charge on any atom is 0.261 e. The molecule has 0 spiro atoms. The van der Waals surface area contributed by atoms with Crippen molar-refractivity contribution in [2.75, 3.05) is 44.9 Å². The Bertz CT molecular complexity index is 1680. The Morgan fingerprint density at radius 1 is 1.00 bits per heavy atom. The van der Waals surface area contributed by atoms with Gasteiger partial charge in [0, 0.05) is 37.8 Å². The molecule has 2 aliphatic rings. The van der Waals surface area contributed by atoms with Gasteiger partial charge in [0.05, 0.1) is 35.3 Å². The number of sulfonamides is 1. The van der Waals surface area contributed by atoms with E-state index in [0.717, 1.165) is 41.9 Å². The van der Waals surface area contributed by atoms with E-state index in [-0.39, 0.29) is 53.6 Å². The zero-order valence-electron chi connectivity index (χ0n) is 29.1.